The number of carbonyl (C=O) groups excluding carboxylic acids is 1. The van der Waals surface area contributed by atoms with Gasteiger partial charge in [-0.25, -0.2) is 4.79 Å². The molecule has 5 nitrogen and oxygen atoms in total. The molecule has 1 rings (SSSR count). The van der Waals surface area contributed by atoms with Crippen LogP contribution in [0.1, 0.15) is 18.6 Å². The van der Waals surface area contributed by atoms with Gasteiger partial charge >= 0.3 is 11.9 Å². The zero-order chi connectivity index (χ0) is 12.1. The lowest BCUT2D eigenvalue weighted by Crippen LogP contribution is -2.31. The van der Waals surface area contributed by atoms with Crippen LogP contribution in [0.25, 0.3) is 0 Å². The number of hydrogen-bond acceptors (Lipinski definition) is 4. The Morgan fingerprint density at radius 1 is 1.31 bits per heavy atom. The fraction of sp³-hybridized carbons (Fsp3) is 0.273. The molecule has 3 N–H and O–H groups in total. The number of nitrogens with two attached hydrogens (primary N) is 1. The number of esters is 1. The number of rotatable bonds is 4. The molecule has 86 valence electrons. The molecular weight excluding hydrogens is 210 g/mol. The lowest BCUT2D eigenvalue weighted by Gasteiger charge is -2.15. The quantitative estimate of drug-likeness (QED) is 0.733. The van der Waals surface area contributed by atoms with E-state index in [0.29, 0.717) is 5.56 Å². The van der Waals surface area contributed by atoms with Gasteiger partial charge in [0, 0.05) is 5.56 Å². The third-order valence-electron chi connectivity index (χ3n) is 1.93. The molecule has 0 aliphatic carbocycles. The van der Waals surface area contributed by atoms with Crippen molar-refractivity contribution in [2.24, 2.45) is 5.73 Å². The molecule has 0 fully saturated rings. The van der Waals surface area contributed by atoms with Crippen LogP contribution in [0.15, 0.2) is 30.3 Å². The summed E-state index contributed by atoms with van der Waals surface area (Å²) in [4.78, 5) is 22.2. The van der Waals surface area contributed by atoms with E-state index < -0.39 is 24.1 Å². The molecule has 0 spiro atoms. The van der Waals surface area contributed by atoms with Crippen LogP contribution >= 0.6 is 0 Å². The summed E-state index contributed by atoms with van der Waals surface area (Å²) in [5.41, 5.74) is 5.70. The molecule has 0 saturated carbocycles. The smallest absolute Gasteiger partial charge is 0.349 e. The Hall–Kier alpha value is -1.88. The average molecular weight is 223 g/mol. The zero-order valence-corrected chi connectivity index (χ0v) is 8.79. The molecular formula is C11H13NO4. The van der Waals surface area contributed by atoms with Gasteiger partial charge in [0.1, 0.15) is 6.04 Å². The van der Waals surface area contributed by atoms with E-state index >= 15 is 0 Å². The van der Waals surface area contributed by atoms with E-state index in [1.807, 2.05) is 0 Å². The monoisotopic (exact) mass is 223 g/mol. The predicted octanol–water partition coefficient (Wildman–Crippen LogP) is 0.703. The molecule has 0 bridgehead atoms. The molecule has 1 unspecified atom stereocenters. The first-order chi connectivity index (χ1) is 7.52. The standard InChI is InChI=1S/C11H13NO4/c1-7(12)11(15)16-9(10(13)14)8-5-3-2-4-6-8/h2-7,9H,12H2,1H3,(H,13,14)/t7-,9?/m0/s1. The third-order valence-corrected chi connectivity index (χ3v) is 1.93. The minimum Gasteiger partial charge on any atom is -0.478 e. The number of carboxylic acids is 1. The topological polar surface area (TPSA) is 89.6 Å². The van der Waals surface area contributed by atoms with Crippen molar-refractivity contribution in [3.63, 3.8) is 0 Å². The van der Waals surface area contributed by atoms with Crippen molar-refractivity contribution in [2.75, 3.05) is 0 Å². The molecule has 0 heterocycles. The highest BCUT2D eigenvalue weighted by Crippen LogP contribution is 2.17. The second-order valence-corrected chi connectivity index (χ2v) is 3.35. The summed E-state index contributed by atoms with van der Waals surface area (Å²) >= 11 is 0. The van der Waals surface area contributed by atoms with Gasteiger partial charge < -0.3 is 15.6 Å². The minimum atomic E-state index is -1.31. The van der Waals surface area contributed by atoms with Gasteiger partial charge in [-0.05, 0) is 6.92 Å². The molecule has 0 aromatic heterocycles. The van der Waals surface area contributed by atoms with Crippen molar-refractivity contribution < 1.29 is 19.4 Å². The molecule has 0 aliphatic rings. The van der Waals surface area contributed by atoms with Gasteiger partial charge in [-0.1, -0.05) is 30.3 Å². The Balaban J connectivity index is 2.85. The normalized spacial score (nSPS) is 13.9. The first kappa shape index (κ1) is 12.2. The Labute approximate surface area is 92.8 Å². The van der Waals surface area contributed by atoms with E-state index in [1.165, 1.54) is 6.92 Å². The fourth-order valence-corrected chi connectivity index (χ4v) is 1.11. The summed E-state index contributed by atoms with van der Waals surface area (Å²) in [6.07, 6.45) is -1.31. The van der Waals surface area contributed by atoms with Crippen molar-refractivity contribution >= 4 is 11.9 Å². The van der Waals surface area contributed by atoms with E-state index in [1.54, 1.807) is 30.3 Å². The molecule has 0 radical (unpaired) electrons. The first-order valence-electron chi connectivity index (χ1n) is 4.76. The Kier molecular flexibility index (Phi) is 4.02. The number of hydrogen-bond donors (Lipinski definition) is 2. The number of aliphatic carboxylic acids is 1. The van der Waals surface area contributed by atoms with Crippen molar-refractivity contribution in [1.82, 2.24) is 0 Å². The van der Waals surface area contributed by atoms with Gasteiger partial charge in [0.05, 0.1) is 0 Å². The SMILES string of the molecule is C[C@H](N)C(=O)OC(C(=O)O)c1ccccc1. The van der Waals surface area contributed by atoms with Crippen molar-refractivity contribution in [3.8, 4) is 0 Å². The Morgan fingerprint density at radius 2 is 1.88 bits per heavy atom. The maximum Gasteiger partial charge on any atom is 0.349 e. The maximum atomic E-state index is 11.2. The molecule has 0 aliphatic heterocycles. The largest absolute Gasteiger partial charge is 0.478 e. The lowest BCUT2D eigenvalue weighted by atomic mass is 10.1. The van der Waals surface area contributed by atoms with Gasteiger partial charge in [0.15, 0.2) is 0 Å². The van der Waals surface area contributed by atoms with Crippen LogP contribution < -0.4 is 5.73 Å². The van der Waals surface area contributed by atoms with Gasteiger partial charge in [0.25, 0.3) is 0 Å². The van der Waals surface area contributed by atoms with Gasteiger partial charge in [0.2, 0.25) is 6.10 Å². The summed E-state index contributed by atoms with van der Waals surface area (Å²) in [5, 5.41) is 8.94. The van der Waals surface area contributed by atoms with E-state index in [-0.39, 0.29) is 0 Å². The van der Waals surface area contributed by atoms with Crippen molar-refractivity contribution in [2.45, 2.75) is 19.1 Å². The summed E-state index contributed by atoms with van der Waals surface area (Å²) in [6.45, 7) is 1.44. The molecule has 5 heteroatoms. The Bertz CT molecular complexity index is 375. The van der Waals surface area contributed by atoms with Crippen LogP contribution in [0.3, 0.4) is 0 Å². The van der Waals surface area contributed by atoms with E-state index in [9.17, 15) is 9.59 Å². The highest BCUT2D eigenvalue weighted by atomic mass is 16.6. The maximum absolute atomic E-state index is 11.2. The summed E-state index contributed by atoms with van der Waals surface area (Å²) < 4.78 is 4.80. The van der Waals surface area contributed by atoms with Gasteiger partial charge in [-0.3, -0.25) is 4.79 Å². The van der Waals surface area contributed by atoms with Crippen LogP contribution in [0.2, 0.25) is 0 Å². The second-order valence-electron chi connectivity index (χ2n) is 3.35. The Morgan fingerprint density at radius 3 is 2.31 bits per heavy atom. The van der Waals surface area contributed by atoms with Crippen LogP contribution in [0, 0.1) is 0 Å². The van der Waals surface area contributed by atoms with Crippen LogP contribution in [0.4, 0.5) is 0 Å². The van der Waals surface area contributed by atoms with Gasteiger partial charge in [-0.2, -0.15) is 0 Å². The number of ether oxygens (including phenoxy) is 1. The number of carbonyl (C=O) groups is 2. The third kappa shape index (κ3) is 3.06. The molecule has 0 saturated heterocycles. The van der Waals surface area contributed by atoms with Crippen molar-refractivity contribution in [1.29, 1.82) is 0 Å². The average Bonchev–Trinajstić information content (AvgIpc) is 2.26. The zero-order valence-electron chi connectivity index (χ0n) is 8.79. The highest BCUT2D eigenvalue weighted by molar-refractivity contribution is 5.81. The summed E-state index contributed by atoms with van der Waals surface area (Å²) in [7, 11) is 0. The molecule has 2 atom stereocenters. The van der Waals surface area contributed by atoms with Gasteiger partial charge in [-0.15, -0.1) is 0 Å². The van der Waals surface area contributed by atoms with Crippen LogP contribution in [0.5, 0.6) is 0 Å². The van der Waals surface area contributed by atoms with Crippen molar-refractivity contribution in [3.05, 3.63) is 35.9 Å². The summed E-state index contributed by atoms with van der Waals surface area (Å²) in [6, 6.07) is 7.40. The number of benzene rings is 1. The molecule has 1 aromatic carbocycles. The molecule has 0 amide bonds. The van der Waals surface area contributed by atoms with E-state index in [4.69, 9.17) is 15.6 Å². The van der Waals surface area contributed by atoms with Crippen LogP contribution in [-0.4, -0.2) is 23.1 Å². The van der Waals surface area contributed by atoms with Crippen LogP contribution in [-0.2, 0) is 14.3 Å². The minimum absolute atomic E-state index is 0.406. The van der Waals surface area contributed by atoms with E-state index in [0.717, 1.165) is 0 Å². The lowest BCUT2D eigenvalue weighted by molar-refractivity contribution is -0.165. The fourth-order valence-electron chi connectivity index (χ4n) is 1.11. The molecule has 1 aromatic rings. The number of carboxylic acid groups (broad SMARTS) is 1. The van der Waals surface area contributed by atoms with E-state index in [2.05, 4.69) is 0 Å². The first-order valence-corrected chi connectivity index (χ1v) is 4.76. The highest BCUT2D eigenvalue weighted by Gasteiger charge is 2.25. The second kappa shape index (κ2) is 5.27. The summed E-state index contributed by atoms with van der Waals surface area (Å²) in [5.74, 6) is -1.96. The molecule has 16 heavy (non-hydrogen) atoms. The predicted molar refractivity (Wildman–Crippen MR) is 56.6 cm³/mol.